The summed E-state index contributed by atoms with van der Waals surface area (Å²) in [6.07, 6.45) is 6.55. The summed E-state index contributed by atoms with van der Waals surface area (Å²) >= 11 is 0. The van der Waals surface area contributed by atoms with Gasteiger partial charge in [-0.2, -0.15) is 0 Å². The number of carbonyl (C=O) groups is 2. The molecule has 28 heavy (non-hydrogen) atoms. The second kappa shape index (κ2) is 8.63. The van der Waals surface area contributed by atoms with Crippen molar-refractivity contribution in [3.8, 4) is 0 Å². The highest BCUT2D eigenvalue weighted by Crippen LogP contribution is 2.28. The third-order valence-corrected chi connectivity index (χ3v) is 5.88. The topological polar surface area (TPSA) is 87.5 Å². The van der Waals surface area contributed by atoms with Gasteiger partial charge in [-0.25, -0.2) is 4.79 Å². The number of para-hydroxylation sites is 1. The highest BCUT2D eigenvalue weighted by Gasteiger charge is 2.33. The molecule has 1 aromatic carbocycles. The van der Waals surface area contributed by atoms with E-state index in [2.05, 4.69) is 15.8 Å². The fourth-order valence-corrected chi connectivity index (χ4v) is 4.36. The molecule has 2 aromatic rings. The highest BCUT2D eigenvalue weighted by molar-refractivity contribution is 5.80. The largest absolute Gasteiger partial charge is 0.356 e. The van der Waals surface area contributed by atoms with Gasteiger partial charge in [0.15, 0.2) is 5.58 Å². The van der Waals surface area contributed by atoms with Crippen molar-refractivity contribution in [2.45, 2.75) is 51.0 Å². The van der Waals surface area contributed by atoms with Crippen molar-refractivity contribution in [2.24, 2.45) is 5.92 Å². The van der Waals surface area contributed by atoms with E-state index in [1.807, 2.05) is 29.2 Å². The van der Waals surface area contributed by atoms with Crippen molar-refractivity contribution in [1.82, 2.24) is 20.7 Å². The Morgan fingerprint density at radius 2 is 1.96 bits per heavy atom. The first-order valence-electron chi connectivity index (χ1n) is 10.4. The quantitative estimate of drug-likeness (QED) is 0.830. The van der Waals surface area contributed by atoms with Crippen LogP contribution < -0.4 is 10.6 Å². The third-order valence-electron chi connectivity index (χ3n) is 5.88. The number of amides is 3. The van der Waals surface area contributed by atoms with Crippen LogP contribution in [0.15, 0.2) is 28.8 Å². The number of rotatable bonds is 5. The minimum Gasteiger partial charge on any atom is -0.356 e. The van der Waals surface area contributed by atoms with E-state index in [-0.39, 0.29) is 23.9 Å². The number of urea groups is 1. The van der Waals surface area contributed by atoms with Crippen LogP contribution in [0.2, 0.25) is 0 Å². The molecule has 1 aliphatic heterocycles. The number of carbonyl (C=O) groups excluding carboxylic acids is 2. The molecule has 2 heterocycles. The Balaban J connectivity index is 1.19. The monoisotopic (exact) mass is 384 g/mol. The van der Waals surface area contributed by atoms with Gasteiger partial charge < -0.3 is 20.1 Å². The molecule has 1 aromatic heterocycles. The molecule has 2 N–H and O–H groups in total. The number of nitrogens with one attached hydrogen (secondary N) is 2. The van der Waals surface area contributed by atoms with Gasteiger partial charge in [-0.3, -0.25) is 4.79 Å². The fourth-order valence-electron chi connectivity index (χ4n) is 4.36. The first-order chi connectivity index (χ1) is 13.7. The Morgan fingerprint density at radius 3 is 2.82 bits per heavy atom. The zero-order chi connectivity index (χ0) is 19.3. The predicted molar refractivity (Wildman–Crippen MR) is 106 cm³/mol. The lowest BCUT2D eigenvalue weighted by Crippen LogP contribution is -2.43. The van der Waals surface area contributed by atoms with Gasteiger partial charge in [0.1, 0.15) is 0 Å². The van der Waals surface area contributed by atoms with Crippen molar-refractivity contribution in [3.05, 3.63) is 30.0 Å². The summed E-state index contributed by atoms with van der Waals surface area (Å²) in [7, 11) is 0. The molecule has 1 saturated carbocycles. The Labute approximate surface area is 164 Å². The van der Waals surface area contributed by atoms with Crippen LogP contribution >= 0.6 is 0 Å². The second-order valence-electron chi connectivity index (χ2n) is 7.87. The van der Waals surface area contributed by atoms with E-state index in [1.54, 1.807) is 0 Å². The number of fused-ring (bicyclic) bond motifs is 1. The van der Waals surface area contributed by atoms with Crippen molar-refractivity contribution in [2.75, 3.05) is 19.6 Å². The molecular weight excluding hydrogens is 356 g/mol. The minimum absolute atomic E-state index is 0.0601. The predicted octanol–water partition coefficient (Wildman–Crippen LogP) is 2.85. The normalized spacial score (nSPS) is 22.4. The molecule has 150 valence electrons. The average molecular weight is 384 g/mol. The van der Waals surface area contributed by atoms with Crippen LogP contribution in [0.4, 0.5) is 4.79 Å². The lowest BCUT2D eigenvalue weighted by Gasteiger charge is -2.29. The summed E-state index contributed by atoms with van der Waals surface area (Å²) in [5.41, 5.74) is 1.61. The van der Waals surface area contributed by atoms with Crippen molar-refractivity contribution in [1.29, 1.82) is 0 Å². The third kappa shape index (κ3) is 4.29. The molecule has 2 fully saturated rings. The number of benzene rings is 1. The van der Waals surface area contributed by atoms with E-state index in [0.717, 1.165) is 61.9 Å². The van der Waals surface area contributed by atoms with Gasteiger partial charge in [0.2, 0.25) is 5.91 Å². The minimum atomic E-state index is -0.177. The Kier molecular flexibility index (Phi) is 5.78. The molecule has 0 spiro atoms. The summed E-state index contributed by atoms with van der Waals surface area (Å²) in [6, 6.07) is 7.61. The van der Waals surface area contributed by atoms with Crippen LogP contribution in [0.25, 0.3) is 11.0 Å². The molecule has 7 heteroatoms. The van der Waals surface area contributed by atoms with Crippen molar-refractivity contribution >= 4 is 22.9 Å². The molecule has 1 saturated heterocycles. The van der Waals surface area contributed by atoms with Crippen LogP contribution in [0.3, 0.4) is 0 Å². The maximum Gasteiger partial charge on any atom is 0.315 e. The van der Waals surface area contributed by atoms with Crippen molar-refractivity contribution < 1.29 is 14.1 Å². The molecular formula is C21H28N4O3. The molecule has 1 aliphatic carbocycles. The average Bonchev–Trinajstić information content (AvgIpc) is 3.35. The summed E-state index contributed by atoms with van der Waals surface area (Å²) in [5.74, 6) is 0.340. The van der Waals surface area contributed by atoms with E-state index < -0.39 is 0 Å². The summed E-state index contributed by atoms with van der Waals surface area (Å²) < 4.78 is 5.28. The number of likely N-dealkylation sites (tertiary alicyclic amines) is 1. The van der Waals surface area contributed by atoms with Gasteiger partial charge >= 0.3 is 6.03 Å². The smallest absolute Gasteiger partial charge is 0.315 e. The van der Waals surface area contributed by atoms with E-state index in [4.69, 9.17) is 4.52 Å². The lowest BCUT2D eigenvalue weighted by molar-refractivity contribution is -0.136. The molecule has 3 amide bonds. The first-order valence-corrected chi connectivity index (χ1v) is 10.4. The van der Waals surface area contributed by atoms with Crippen molar-refractivity contribution in [3.63, 3.8) is 0 Å². The van der Waals surface area contributed by atoms with Gasteiger partial charge in [-0.05, 0) is 50.7 Å². The van der Waals surface area contributed by atoms with Gasteiger partial charge in [0, 0.05) is 43.4 Å². The van der Waals surface area contributed by atoms with E-state index in [9.17, 15) is 9.59 Å². The molecule has 2 atom stereocenters. The van der Waals surface area contributed by atoms with Crippen LogP contribution in [-0.2, 0) is 11.2 Å². The number of piperidine rings is 1. The zero-order valence-electron chi connectivity index (χ0n) is 16.2. The fraction of sp³-hybridized carbons (Fsp3) is 0.571. The van der Waals surface area contributed by atoms with E-state index in [1.165, 1.54) is 6.42 Å². The van der Waals surface area contributed by atoms with Crippen LogP contribution in [0.5, 0.6) is 0 Å². The molecule has 4 rings (SSSR count). The molecule has 0 bridgehead atoms. The number of aromatic nitrogens is 1. The SMILES string of the molecule is O=C(NCCc1noc2ccccc12)N[C@@H]1CC[C@H](C(=O)N2CCCCC2)C1. The lowest BCUT2D eigenvalue weighted by atomic mass is 10.0. The molecule has 0 radical (unpaired) electrons. The Morgan fingerprint density at radius 1 is 1.14 bits per heavy atom. The first kappa shape index (κ1) is 18.8. The number of hydrogen-bond donors (Lipinski definition) is 2. The molecule has 0 unspecified atom stereocenters. The number of nitrogens with zero attached hydrogens (tertiary/aromatic N) is 2. The highest BCUT2D eigenvalue weighted by atomic mass is 16.5. The van der Waals surface area contributed by atoms with Crippen LogP contribution in [0.1, 0.15) is 44.2 Å². The number of hydrogen-bond acceptors (Lipinski definition) is 4. The van der Waals surface area contributed by atoms with Gasteiger partial charge in [0.05, 0.1) is 5.69 Å². The van der Waals surface area contributed by atoms with Gasteiger partial charge in [-0.15, -0.1) is 0 Å². The Hall–Kier alpha value is -2.57. The van der Waals surface area contributed by atoms with Gasteiger partial charge in [-0.1, -0.05) is 17.3 Å². The van der Waals surface area contributed by atoms with Gasteiger partial charge in [0.25, 0.3) is 0 Å². The summed E-state index contributed by atoms with van der Waals surface area (Å²) in [4.78, 5) is 26.8. The van der Waals surface area contributed by atoms with Crippen LogP contribution in [0, 0.1) is 5.92 Å². The van der Waals surface area contributed by atoms with E-state index >= 15 is 0 Å². The standard InChI is InChI=1S/C21H28N4O3/c26-20(25-12-4-1-5-13-25)15-8-9-16(14-15)23-21(27)22-11-10-18-17-6-2-3-7-19(17)28-24-18/h2-3,6-7,15-16H,1,4-5,8-14H2,(H2,22,23,27)/t15-,16+/m0/s1. The maximum atomic E-state index is 12.6. The Bertz CT molecular complexity index is 828. The zero-order valence-corrected chi connectivity index (χ0v) is 16.2. The molecule has 7 nitrogen and oxygen atoms in total. The van der Waals surface area contributed by atoms with E-state index in [0.29, 0.717) is 13.0 Å². The molecule has 2 aliphatic rings. The van der Waals surface area contributed by atoms with Crippen LogP contribution in [-0.4, -0.2) is 47.7 Å². The maximum absolute atomic E-state index is 12.6. The summed E-state index contributed by atoms with van der Waals surface area (Å²) in [5, 5.41) is 11.0. The second-order valence-corrected chi connectivity index (χ2v) is 7.87. The summed E-state index contributed by atoms with van der Waals surface area (Å²) in [6.45, 7) is 2.28.